The van der Waals surface area contributed by atoms with E-state index in [9.17, 15) is 8.42 Å². The first-order chi connectivity index (χ1) is 8.99. The van der Waals surface area contributed by atoms with Crippen molar-refractivity contribution in [1.82, 2.24) is 14.7 Å². The van der Waals surface area contributed by atoms with Gasteiger partial charge in [0.25, 0.3) is 0 Å². The molecule has 0 atom stereocenters. The Morgan fingerprint density at radius 3 is 2.47 bits per heavy atom. The third-order valence-electron chi connectivity index (χ3n) is 2.66. The van der Waals surface area contributed by atoms with Crippen molar-refractivity contribution in [3.8, 4) is 0 Å². The van der Waals surface area contributed by atoms with Gasteiger partial charge in [-0.2, -0.15) is 0 Å². The van der Waals surface area contributed by atoms with Crippen molar-refractivity contribution in [2.75, 3.05) is 0 Å². The lowest BCUT2D eigenvalue weighted by molar-refractivity contribution is 0.579. The zero-order valence-corrected chi connectivity index (χ0v) is 11.6. The van der Waals surface area contributed by atoms with E-state index < -0.39 is 10.0 Å². The Labute approximate surface area is 112 Å². The second kappa shape index (κ2) is 5.46. The third-order valence-corrected chi connectivity index (χ3v) is 4.22. The van der Waals surface area contributed by atoms with Crippen molar-refractivity contribution >= 4 is 10.0 Å². The quantitative estimate of drug-likeness (QED) is 0.920. The number of aryl methyl sites for hydroxylation is 2. The molecule has 1 aromatic carbocycles. The topological polar surface area (TPSA) is 72.0 Å². The third kappa shape index (κ3) is 3.36. The summed E-state index contributed by atoms with van der Waals surface area (Å²) in [5.74, 6) is 0. The molecule has 2 rings (SSSR count). The van der Waals surface area contributed by atoms with E-state index in [2.05, 4.69) is 14.7 Å². The van der Waals surface area contributed by atoms with Crippen LogP contribution in [0.2, 0.25) is 0 Å². The maximum Gasteiger partial charge on any atom is 0.241 e. The average molecular weight is 277 g/mol. The molecule has 0 bridgehead atoms. The fourth-order valence-electron chi connectivity index (χ4n) is 1.62. The number of nitrogens with one attached hydrogen (secondary N) is 1. The first-order valence-corrected chi connectivity index (χ1v) is 7.30. The molecule has 0 fully saturated rings. The van der Waals surface area contributed by atoms with Crippen molar-refractivity contribution in [2.24, 2.45) is 0 Å². The Kier molecular flexibility index (Phi) is 3.92. The van der Waals surface area contributed by atoms with Crippen LogP contribution in [-0.2, 0) is 16.6 Å². The number of aromatic nitrogens is 2. The summed E-state index contributed by atoms with van der Waals surface area (Å²) in [5, 5.41) is 0. The molecule has 0 spiro atoms. The van der Waals surface area contributed by atoms with Crippen LogP contribution in [0.15, 0.2) is 41.6 Å². The fraction of sp³-hybridized carbons (Fsp3) is 0.231. The predicted octanol–water partition coefficient (Wildman–Crippen LogP) is 1.57. The Morgan fingerprint density at radius 2 is 1.84 bits per heavy atom. The van der Waals surface area contributed by atoms with Crippen LogP contribution in [0.25, 0.3) is 0 Å². The summed E-state index contributed by atoms with van der Waals surface area (Å²) in [6.07, 6.45) is 3.17. The molecule has 19 heavy (non-hydrogen) atoms. The number of sulfonamides is 1. The number of hydrogen-bond donors (Lipinski definition) is 1. The van der Waals surface area contributed by atoms with Gasteiger partial charge in [-0.1, -0.05) is 18.2 Å². The minimum absolute atomic E-state index is 0.129. The summed E-state index contributed by atoms with van der Waals surface area (Å²) >= 11 is 0. The Bertz CT molecular complexity index is 667. The second-order valence-corrected chi connectivity index (χ2v) is 5.97. The van der Waals surface area contributed by atoms with E-state index in [1.54, 1.807) is 43.6 Å². The second-order valence-electron chi connectivity index (χ2n) is 4.24. The molecule has 0 amide bonds. The van der Waals surface area contributed by atoms with Gasteiger partial charge in [0.15, 0.2) is 0 Å². The van der Waals surface area contributed by atoms with Crippen LogP contribution < -0.4 is 4.72 Å². The van der Waals surface area contributed by atoms with Crippen LogP contribution in [-0.4, -0.2) is 18.4 Å². The molecule has 100 valence electrons. The van der Waals surface area contributed by atoms with Crippen LogP contribution in [0.1, 0.15) is 17.0 Å². The summed E-state index contributed by atoms with van der Waals surface area (Å²) < 4.78 is 26.8. The van der Waals surface area contributed by atoms with Crippen molar-refractivity contribution in [3.05, 3.63) is 53.6 Å². The van der Waals surface area contributed by atoms with Gasteiger partial charge in [0.1, 0.15) is 0 Å². The summed E-state index contributed by atoms with van der Waals surface area (Å²) in [4.78, 5) is 8.47. The summed E-state index contributed by atoms with van der Waals surface area (Å²) in [6.45, 7) is 3.72. The van der Waals surface area contributed by atoms with E-state index in [1.807, 2.05) is 6.92 Å². The van der Waals surface area contributed by atoms with Gasteiger partial charge in [-0.05, 0) is 25.5 Å². The van der Waals surface area contributed by atoms with Gasteiger partial charge >= 0.3 is 0 Å². The molecule has 1 aromatic heterocycles. The van der Waals surface area contributed by atoms with Gasteiger partial charge in [-0.15, -0.1) is 0 Å². The maximum absolute atomic E-state index is 12.1. The van der Waals surface area contributed by atoms with Crippen LogP contribution >= 0.6 is 0 Å². The van der Waals surface area contributed by atoms with Crippen molar-refractivity contribution < 1.29 is 8.42 Å². The number of hydrogen-bond acceptors (Lipinski definition) is 4. The summed E-state index contributed by atoms with van der Waals surface area (Å²) in [7, 11) is -3.52. The minimum atomic E-state index is -3.52. The number of rotatable bonds is 4. The van der Waals surface area contributed by atoms with E-state index in [4.69, 9.17) is 0 Å². The molecule has 0 saturated carbocycles. The summed E-state index contributed by atoms with van der Waals surface area (Å²) in [6, 6.07) is 6.85. The first-order valence-electron chi connectivity index (χ1n) is 5.82. The minimum Gasteiger partial charge on any atom is -0.258 e. The van der Waals surface area contributed by atoms with Crippen LogP contribution in [0.5, 0.6) is 0 Å². The predicted molar refractivity (Wildman–Crippen MR) is 72.0 cm³/mol. The summed E-state index contributed by atoms with van der Waals surface area (Å²) in [5.41, 5.74) is 2.10. The van der Waals surface area contributed by atoms with Gasteiger partial charge in [0, 0.05) is 6.20 Å². The average Bonchev–Trinajstić information content (AvgIpc) is 2.38. The van der Waals surface area contributed by atoms with E-state index >= 15 is 0 Å². The van der Waals surface area contributed by atoms with Crippen molar-refractivity contribution in [3.63, 3.8) is 0 Å². The molecule has 6 heteroatoms. The molecule has 0 aliphatic heterocycles. The molecule has 5 nitrogen and oxygen atoms in total. The molecular formula is C13H15N3O2S. The molecule has 0 unspecified atom stereocenters. The molecule has 0 radical (unpaired) electrons. The van der Waals surface area contributed by atoms with Gasteiger partial charge in [0.05, 0.1) is 29.0 Å². The highest BCUT2D eigenvalue weighted by Gasteiger charge is 2.15. The van der Waals surface area contributed by atoms with E-state index in [0.29, 0.717) is 11.3 Å². The zero-order chi connectivity index (χ0) is 13.9. The lowest BCUT2D eigenvalue weighted by Gasteiger charge is -2.08. The van der Waals surface area contributed by atoms with E-state index in [-0.39, 0.29) is 11.4 Å². The Balaban J connectivity index is 2.14. The van der Waals surface area contributed by atoms with Crippen molar-refractivity contribution in [1.29, 1.82) is 0 Å². The molecule has 0 aliphatic carbocycles. The van der Waals surface area contributed by atoms with Gasteiger partial charge in [-0.3, -0.25) is 9.97 Å². The fourth-order valence-corrected chi connectivity index (χ4v) is 2.86. The molecule has 0 aliphatic rings. The lowest BCUT2D eigenvalue weighted by atomic mass is 10.2. The maximum atomic E-state index is 12.1. The normalized spacial score (nSPS) is 11.5. The van der Waals surface area contributed by atoms with Gasteiger partial charge in [-0.25, -0.2) is 13.1 Å². The van der Waals surface area contributed by atoms with Crippen molar-refractivity contribution in [2.45, 2.75) is 25.3 Å². The molecule has 1 heterocycles. The van der Waals surface area contributed by atoms with Crippen LogP contribution in [0.3, 0.4) is 0 Å². The molecule has 0 saturated heterocycles. The smallest absolute Gasteiger partial charge is 0.241 e. The molecule has 1 N–H and O–H groups in total. The van der Waals surface area contributed by atoms with Gasteiger partial charge in [0.2, 0.25) is 10.0 Å². The highest BCUT2D eigenvalue weighted by Crippen LogP contribution is 2.13. The first kappa shape index (κ1) is 13.6. The lowest BCUT2D eigenvalue weighted by Crippen LogP contribution is -2.24. The van der Waals surface area contributed by atoms with Crippen LogP contribution in [0.4, 0.5) is 0 Å². The van der Waals surface area contributed by atoms with E-state index in [0.717, 1.165) is 5.69 Å². The highest BCUT2D eigenvalue weighted by atomic mass is 32.2. The number of nitrogens with zero attached hydrogens (tertiary/aromatic N) is 2. The molecular weight excluding hydrogens is 262 g/mol. The highest BCUT2D eigenvalue weighted by molar-refractivity contribution is 7.89. The Hall–Kier alpha value is -1.79. The Morgan fingerprint density at radius 1 is 1.11 bits per heavy atom. The molecule has 2 aromatic rings. The van der Waals surface area contributed by atoms with Crippen LogP contribution in [0, 0.1) is 13.8 Å². The largest absolute Gasteiger partial charge is 0.258 e. The standard InChI is InChI=1S/C13H15N3O2S/c1-10-5-3-4-6-13(10)19(17,18)16-9-12-8-14-11(2)7-15-12/h3-8,16H,9H2,1-2H3. The SMILES string of the molecule is Cc1cnc(CNS(=O)(=O)c2ccccc2C)cn1. The van der Waals surface area contributed by atoms with Gasteiger partial charge < -0.3 is 0 Å². The van der Waals surface area contributed by atoms with E-state index in [1.165, 1.54) is 0 Å². The monoisotopic (exact) mass is 277 g/mol. The zero-order valence-electron chi connectivity index (χ0n) is 10.8. The number of benzene rings is 1.